The highest BCUT2D eigenvalue weighted by Crippen LogP contribution is 2.40. The van der Waals surface area contributed by atoms with Crippen LogP contribution in [0.4, 0.5) is 0 Å². The molecule has 0 fully saturated rings. The Balaban J connectivity index is 1.17. The summed E-state index contributed by atoms with van der Waals surface area (Å²) in [6.45, 7) is 1.17. The molecular formula is C44H30O2. The van der Waals surface area contributed by atoms with Gasteiger partial charge in [0.2, 0.25) is 0 Å². The van der Waals surface area contributed by atoms with Crippen LogP contribution in [-0.2, 0) is 18.0 Å². The summed E-state index contributed by atoms with van der Waals surface area (Å²) in [5.41, 5.74) is 16.2. The second-order valence-corrected chi connectivity index (χ2v) is 12.1. The van der Waals surface area contributed by atoms with Crippen molar-refractivity contribution in [3.63, 3.8) is 0 Å². The highest BCUT2D eigenvalue weighted by atomic mass is 16.5. The maximum absolute atomic E-state index is 6.23. The number of hydrogen-bond donors (Lipinski definition) is 0. The molecule has 218 valence electrons. The van der Waals surface area contributed by atoms with Crippen molar-refractivity contribution >= 4 is 21.9 Å². The molecule has 8 aromatic rings. The zero-order chi connectivity index (χ0) is 30.5. The molecule has 1 aromatic heterocycles. The molecule has 1 aliphatic heterocycles. The predicted octanol–water partition coefficient (Wildman–Crippen LogP) is 12.0. The molecule has 1 aliphatic rings. The number of ether oxygens (including phenoxy) is 1. The van der Waals surface area contributed by atoms with Gasteiger partial charge in [0.25, 0.3) is 0 Å². The van der Waals surface area contributed by atoms with Gasteiger partial charge >= 0.3 is 0 Å². The Kier molecular flexibility index (Phi) is 6.40. The highest BCUT2D eigenvalue weighted by Gasteiger charge is 2.18. The monoisotopic (exact) mass is 590 g/mol. The molecule has 2 heteroatoms. The van der Waals surface area contributed by atoms with Crippen molar-refractivity contribution in [2.75, 3.05) is 0 Å². The van der Waals surface area contributed by atoms with Gasteiger partial charge in [-0.2, -0.15) is 0 Å². The van der Waals surface area contributed by atoms with E-state index >= 15 is 0 Å². The smallest absolute Gasteiger partial charge is 0.136 e. The summed E-state index contributed by atoms with van der Waals surface area (Å²) in [5.74, 6) is 0. The van der Waals surface area contributed by atoms with Gasteiger partial charge < -0.3 is 9.15 Å². The van der Waals surface area contributed by atoms with Crippen molar-refractivity contribution < 1.29 is 9.15 Å². The average molecular weight is 591 g/mol. The Labute approximate surface area is 268 Å². The Hall–Kier alpha value is -5.70. The lowest BCUT2D eigenvalue weighted by Crippen LogP contribution is -1.92. The first-order chi connectivity index (χ1) is 22.8. The van der Waals surface area contributed by atoms with Crippen LogP contribution in [0.1, 0.15) is 11.1 Å². The maximum atomic E-state index is 6.23. The topological polar surface area (TPSA) is 22.4 Å². The molecule has 0 radical (unpaired) electrons. The lowest BCUT2D eigenvalue weighted by atomic mass is 9.89. The number of hydrogen-bond acceptors (Lipinski definition) is 2. The minimum atomic E-state index is 0.587. The van der Waals surface area contributed by atoms with Crippen LogP contribution in [0.25, 0.3) is 77.6 Å². The lowest BCUT2D eigenvalue weighted by molar-refractivity contribution is 0.110. The number of furan rings is 1. The Morgan fingerprint density at radius 2 is 0.804 bits per heavy atom. The first-order valence-corrected chi connectivity index (χ1v) is 15.8. The van der Waals surface area contributed by atoms with Gasteiger partial charge in [-0.3, -0.25) is 0 Å². The fourth-order valence-electron chi connectivity index (χ4n) is 6.83. The van der Waals surface area contributed by atoms with Crippen molar-refractivity contribution in [1.29, 1.82) is 0 Å². The molecule has 0 unspecified atom stereocenters. The summed E-state index contributed by atoms with van der Waals surface area (Å²) < 4.78 is 12.4. The molecular weight excluding hydrogens is 560 g/mol. The van der Waals surface area contributed by atoms with Gasteiger partial charge in [-0.25, -0.2) is 0 Å². The van der Waals surface area contributed by atoms with E-state index in [1.807, 2.05) is 12.1 Å². The van der Waals surface area contributed by atoms with Gasteiger partial charge in [0.15, 0.2) is 0 Å². The van der Waals surface area contributed by atoms with Crippen LogP contribution < -0.4 is 0 Å². The van der Waals surface area contributed by atoms with E-state index in [1.165, 1.54) is 55.6 Å². The van der Waals surface area contributed by atoms with Crippen molar-refractivity contribution in [2.24, 2.45) is 0 Å². The van der Waals surface area contributed by atoms with Crippen LogP contribution in [0.3, 0.4) is 0 Å². The van der Waals surface area contributed by atoms with Crippen LogP contribution >= 0.6 is 0 Å². The summed E-state index contributed by atoms with van der Waals surface area (Å²) in [5, 5.41) is 2.29. The normalized spacial score (nSPS) is 12.5. The van der Waals surface area contributed by atoms with Crippen molar-refractivity contribution in [3.8, 4) is 55.6 Å². The number of benzene rings is 7. The van der Waals surface area contributed by atoms with Crippen LogP contribution in [-0.4, -0.2) is 0 Å². The van der Waals surface area contributed by atoms with E-state index in [2.05, 4.69) is 146 Å². The lowest BCUT2D eigenvalue weighted by Gasteiger charge is -2.15. The summed E-state index contributed by atoms with van der Waals surface area (Å²) in [6, 6.07) is 56.6. The standard InChI is InChI=1S/C44H30O2/c1-3-9-29(10-4-1)36-21-37(30-11-5-2-6-12-30)23-38(22-36)32-16-18-35-28-45-27-34-17-15-31(24-41(34)42(35)25-32)33-19-20-40-39-13-7-8-14-43(39)46-44(40)26-33/h1-26H,27-28H2. The Morgan fingerprint density at radius 3 is 1.43 bits per heavy atom. The highest BCUT2D eigenvalue weighted by molar-refractivity contribution is 6.06. The maximum Gasteiger partial charge on any atom is 0.136 e. The van der Waals surface area contributed by atoms with E-state index in [-0.39, 0.29) is 0 Å². The third-order valence-corrected chi connectivity index (χ3v) is 9.22. The van der Waals surface area contributed by atoms with Crippen LogP contribution in [0.15, 0.2) is 162 Å². The van der Waals surface area contributed by atoms with Crippen LogP contribution in [0, 0.1) is 0 Å². The van der Waals surface area contributed by atoms with E-state index in [0.717, 1.165) is 33.1 Å². The first kappa shape index (κ1) is 26.7. The molecule has 9 rings (SSSR count). The Morgan fingerprint density at radius 1 is 0.326 bits per heavy atom. The van der Waals surface area contributed by atoms with Gasteiger partial charge in [0, 0.05) is 10.8 Å². The van der Waals surface area contributed by atoms with Gasteiger partial charge in [0.05, 0.1) is 13.2 Å². The van der Waals surface area contributed by atoms with Crippen molar-refractivity contribution in [3.05, 3.63) is 169 Å². The fraction of sp³-hybridized carbons (Fsp3) is 0.0455. The number of rotatable bonds is 4. The van der Waals surface area contributed by atoms with Gasteiger partial charge in [0.1, 0.15) is 11.2 Å². The Bertz CT molecular complexity index is 2320. The quantitative estimate of drug-likeness (QED) is 0.203. The fourth-order valence-corrected chi connectivity index (χ4v) is 6.83. The van der Waals surface area contributed by atoms with E-state index in [4.69, 9.17) is 9.15 Å². The molecule has 0 N–H and O–H groups in total. The first-order valence-electron chi connectivity index (χ1n) is 15.8. The molecule has 0 saturated heterocycles. The molecule has 2 heterocycles. The third-order valence-electron chi connectivity index (χ3n) is 9.22. The summed E-state index contributed by atoms with van der Waals surface area (Å²) >= 11 is 0. The van der Waals surface area contributed by atoms with Crippen LogP contribution in [0.5, 0.6) is 0 Å². The largest absolute Gasteiger partial charge is 0.456 e. The van der Waals surface area contributed by atoms with E-state index < -0.39 is 0 Å². The number of fused-ring (bicyclic) bond motifs is 6. The van der Waals surface area contributed by atoms with Crippen molar-refractivity contribution in [2.45, 2.75) is 13.2 Å². The summed E-state index contributed by atoms with van der Waals surface area (Å²) in [4.78, 5) is 0. The molecule has 0 spiro atoms. The van der Waals surface area contributed by atoms with Gasteiger partial charge in [-0.1, -0.05) is 109 Å². The average Bonchev–Trinajstić information content (AvgIpc) is 3.40. The van der Waals surface area contributed by atoms with Gasteiger partial charge in [-0.15, -0.1) is 0 Å². The third kappa shape index (κ3) is 4.72. The van der Waals surface area contributed by atoms with E-state index in [0.29, 0.717) is 13.2 Å². The minimum absolute atomic E-state index is 0.587. The molecule has 0 bridgehead atoms. The molecule has 46 heavy (non-hydrogen) atoms. The summed E-state index contributed by atoms with van der Waals surface area (Å²) in [6.07, 6.45) is 0. The molecule has 0 atom stereocenters. The second-order valence-electron chi connectivity index (χ2n) is 12.1. The second kappa shape index (κ2) is 11.0. The molecule has 7 aromatic carbocycles. The zero-order valence-corrected chi connectivity index (χ0v) is 25.2. The van der Waals surface area contributed by atoms with Gasteiger partial charge in [-0.05, 0) is 115 Å². The molecule has 0 aliphatic carbocycles. The van der Waals surface area contributed by atoms with Crippen LogP contribution in [0.2, 0.25) is 0 Å². The number of para-hydroxylation sites is 1. The molecule has 2 nitrogen and oxygen atoms in total. The molecule has 0 amide bonds. The summed E-state index contributed by atoms with van der Waals surface area (Å²) in [7, 11) is 0. The SMILES string of the molecule is c1ccc(-c2cc(-c3ccccc3)cc(-c3ccc4c(c3)-c3cc(-c5ccc6c(c5)oc5ccccc56)ccc3COC4)c2)cc1. The predicted molar refractivity (Wildman–Crippen MR) is 189 cm³/mol. The van der Waals surface area contributed by atoms with E-state index in [1.54, 1.807) is 0 Å². The van der Waals surface area contributed by atoms with Crippen molar-refractivity contribution in [1.82, 2.24) is 0 Å². The molecule has 0 saturated carbocycles. The van der Waals surface area contributed by atoms with E-state index in [9.17, 15) is 0 Å². The minimum Gasteiger partial charge on any atom is -0.456 e. The zero-order valence-electron chi connectivity index (χ0n) is 25.2.